The Labute approximate surface area is 343 Å². The third-order valence-corrected chi connectivity index (χ3v) is 17.2. The quantitative estimate of drug-likeness (QED) is 0.177. The molecule has 0 heterocycles. The van der Waals surface area contributed by atoms with Crippen LogP contribution in [0.3, 0.4) is 0 Å². The first-order chi connectivity index (χ1) is 27.2. The summed E-state index contributed by atoms with van der Waals surface area (Å²) in [5.41, 5.74) is 19.7. The minimum atomic E-state index is 0.0777. The number of nitrogens with zero attached hydrogens (tertiary/aromatic N) is 1. The molecule has 5 aromatic carbocycles. The van der Waals surface area contributed by atoms with E-state index in [0.717, 1.165) is 11.8 Å². The van der Waals surface area contributed by atoms with Crippen molar-refractivity contribution in [3.05, 3.63) is 137 Å². The van der Waals surface area contributed by atoms with E-state index in [1.54, 1.807) is 11.1 Å². The van der Waals surface area contributed by atoms with E-state index < -0.39 is 0 Å². The predicted molar refractivity (Wildman–Crippen MR) is 240 cm³/mol. The van der Waals surface area contributed by atoms with Crippen LogP contribution in [0, 0.1) is 23.7 Å². The third kappa shape index (κ3) is 5.12. The molecule has 0 radical (unpaired) electrons. The van der Waals surface area contributed by atoms with Gasteiger partial charge in [0.1, 0.15) is 0 Å². The zero-order valence-corrected chi connectivity index (χ0v) is 35.9. The molecule has 4 bridgehead atoms. The molecule has 4 saturated carbocycles. The summed E-state index contributed by atoms with van der Waals surface area (Å²) in [6, 6.07) is 41.5. The number of hydrogen-bond donors (Lipinski definition) is 0. The Bertz CT molecular complexity index is 2330. The highest BCUT2D eigenvalue weighted by Crippen LogP contribution is 2.70. The van der Waals surface area contributed by atoms with Gasteiger partial charge in [-0.05, 0) is 195 Å². The van der Waals surface area contributed by atoms with Gasteiger partial charge in [0.15, 0.2) is 0 Å². The van der Waals surface area contributed by atoms with Crippen molar-refractivity contribution in [2.24, 2.45) is 23.7 Å². The topological polar surface area (TPSA) is 3.24 Å². The monoisotopic (exact) mass is 749 g/mol. The first-order valence-electron chi connectivity index (χ1n) is 22.6. The van der Waals surface area contributed by atoms with E-state index in [1.807, 2.05) is 0 Å². The molecule has 5 aromatic rings. The lowest BCUT2D eigenvalue weighted by atomic mass is 9.43. The number of rotatable bonds is 4. The van der Waals surface area contributed by atoms with E-state index in [4.69, 9.17) is 0 Å². The van der Waals surface area contributed by atoms with Gasteiger partial charge in [0.25, 0.3) is 0 Å². The molecule has 7 aliphatic rings. The van der Waals surface area contributed by atoms with Gasteiger partial charge in [-0.25, -0.2) is 0 Å². The first kappa shape index (κ1) is 36.0. The molecule has 0 saturated heterocycles. The third-order valence-electron chi connectivity index (χ3n) is 17.2. The number of fused-ring (bicyclic) bond motifs is 5. The molecule has 292 valence electrons. The average molecular weight is 750 g/mol. The maximum Gasteiger partial charge on any atom is 0.0465 e. The van der Waals surface area contributed by atoms with Crippen LogP contribution in [0.15, 0.2) is 103 Å². The molecular weight excluding hydrogens is 687 g/mol. The fraction of sp³-hybridized carbons (Fsp3) is 0.464. The Morgan fingerprint density at radius 2 is 0.877 bits per heavy atom. The van der Waals surface area contributed by atoms with Crippen LogP contribution in [-0.4, -0.2) is 0 Å². The second-order valence-electron chi connectivity index (χ2n) is 22.3. The van der Waals surface area contributed by atoms with Crippen molar-refractivity contribution < 1.29 is 0 Å². The van der Waals surface area contributed by atoms with Crippen molar-refractivity contribution in [2.45, 2.75) is 140 Å². The van der Waals surface area contributed by atoms with Gasteiger partial charge < -0.3 is 4.90 Å². The van der Waals surface area contributed by atoms with Crippen LogP contribution < -0.4 is 4.90 Å². The van der Waals surface area contributed by atoms with Crippen LogP contribution in [0.25, 0.3) is 22.3 Å². The zero-order chi connectivity index (χ0) is 39.3. The van der Waals surface area contributed by atoms with Crippen molar-refractivity contribution >= 4 is 17.1 Å². The fourth-order valence-electron chi connectivity index (χ4n) is 14.1. The average Bonchev–Trinajstić information content (AvgIpc) is 3.48. The first-order valence-corrected chi connectivity index (χ1v) is 22.6. The Kier molecular flexibility index (Phi) is 7.58. The Hall–Kier alpha value is -4.10. The summed E-state index contributed by atoms with van der Waals surface area (Å²) in [5, 5.41) is 0. The minimum Gasteiger partial charge on any atom is -0.310 e. The van der Waals surface area contributed by atoms with E-state index >= 15 is 0 Å². The second-order valence-corrected chi connectivity index (χ2v) is 22.3. The van der Waals surface area contributed by atoms with E-state index in [2.05, 4.69) is 163 Å². The molecule has 1 spiro atoms. The van der Waals surface area contributed by atoms with Crippen LogP contribution >= 0.6 is 0 Å². The fourth-order valence-corrected chi connectivity index (χ4v) is 14.1. The molecular formula is C56H63N. The summed E-state index contributed by atoms with van der Waals surface area (Å²) < 4.78 is 0. The number of anilines is 3. The molecule has 0 amide bonds. The highest BCUT2D eigenvalue weighted by Gasteiger charge is 2.62. The molecule has 0 aliphatic heterocycles. The highest BCUT2D eigenvalue weighted by molar-refractivity contribution is 5.95. The van der Waals surface area contributed by atoms with Crippen LogP contribution in [0.1, 0.15) is 147 Å². The summed E-state index contributed by atoms with van der Waals surface area (Å²) in [4.78, 5) is 2.67. The van der Waals surface area contributed by atoms with Gasteiger partial charge in [-0.1, -0.05) is 122 Å². The largest absolute Gasteiger partial charge is 0.310 e. The molecule has 12 rings (SSSR count). The SMILES string of the molecule is CC1(C)CCC(C)(C)c2cc(N(c3ccc4c(c3)C(C)(C)CCC4(C)C)c3ccc4c(c3)C3(c5cccc(-c6ccccc6)c5-4)C4CC5CC(C4)CC3C5)ccc21. The Morgan fingerprint density at radius 3 is 1.40 bits per heavy atom. The molecule has 1 heteroatoms. The van der Waals surface area contributed by atoms with Crippen molar-refractivity contribution in [3.8, 4) is 22.3 Å². The molecule has 0 N–H and O–H groups in total. The lowest BCUT2D eigenvalue weighted by Gasteiger charge is -2.61. The molecule has 1 nitrogen and oxygen atoms in total. The Morgan fingerprint density at radius 1 is 0.404 bits per heavy atom. The van der Waals surface area contributed by atoms with E-state index in [1.165, 1.54) is 119 Å². The van der Waals surface area contributed by atoms with E-state index in [9.17, 15) is 0 Å². The lowest BCUT2D eigenvalue weighted by Crippen LogP contribution is -2.55. The van der Waals surface area contributed by atoms with Gasteiger partial charge in [0.05, 0.1) is 0 Å². The summed E-state index contributed by atoms with van der Waals surface area (Å²) in [6.07, 6.45) is 11.9. The molecule has 4 fully saturated rings. The summed E-state index contributed by atoms with van der Waals surface area (Å²) in [7, 11) is 0. The van der Waals surface area contributed by atoms with Crippen LogP contribution in [0.4, 0.5) is 17.1 Å². The maximum absolute atomic E-state index is 2.72. The second kappa shape index (κ2) is 12.0. The summed E-state index contributed by atoms with van der Waals surface area (Å²) >= 11 is 0. The van der Waals surface area contributed by atoms with Gasteiger partial charge in [-0.15, -0.1) is 0 Å². The van der Waals surface area contributed by atoms with Gasteiger partial charge in [0.2, 0.25) is 0 Å². The van der Waals surface area contributed by atoms with Crippen LogP contribution in [0.5, 0.6) is 0 Å². The van der Waals surface area contributed by atoms with E-state index in [-0.39, 0.29) is 27.1 Å². The molecule has 0 aromatic heterocycles. The van der Waals surface area contributed by atoms with E-state index in [0.29, 0.717) is 11.8 Å². The molecule has 0 atom stereocenters. The highest BCUT2D eigenvalue weighted by atomic mass is 15.1. The summed E-state index contributed by atoms with van der Waals surface area (Å²) in [5.74, 6) is 3.24. The molecule has 57 heavy (non-hydrogen) atoms. The normalized spacial score (nSPS) is 28.7. The van der Waals surface area contributed by atoms with Crippen molar-refractivity contribution in [2.75, 3.05) is 4.90 Å². The van der Waals surface area contributed by atoms with Crippen molar-refractivity contribution in [3.63, 3.8) is 0 Å². The van der Waals surface area contributed by atoms with Gasteiger partial charge >= 0.3 is 0 Å². The maximum atomic E-state index is 2.72. The molecule has 0 unspecified atom stereocenters. The van der Waals surface area contributed by atoms with Crippen LogP contribution in [0.2, 0.25) is 0 Å². The van der Waals surface area contributed by atoms with Crippen molar-refractivity contribution in [1.29, 1.82) is 0 Å². The standard InChI is InChI=1S/C56H63N/c1-52(2)23-25-54(5,6)49-33-41(18-21-45(49)52)57(42-19-22-46-50(34-42)55(7,8)26-24-53(46,3)4)40-17-20-44-48(32-40)56(38-28-35-27-36(30-38)31-39(56)29-35)47-16-12-15-43(51(44)47)37-13-10-9-11-14-37/h9-22,32-36,38-39H,23-31H2,1-8H3. The van der Waals surface area contributed by atoms with Gasteiger partial charge in [0, 0.05) is 22.5 Å². The smallest absolute Gasteiger partial charge is 0.0465 e. The minimum absolute atomic E-state index is 0.0777. The van der Waals surface area contributed by atoms with Crippen molar-refractivity contribution in [1.82, 2.24) is 0 Å². The van der Waals surface area contributed by atoms with Crippen LogP contribution in [-0.2, 0) is 27.1 Å². The number of benzene rings is 5. The predicted octanol–water partition coefficient (Wildman–Crippen LogP) is 15.2. The lowest BCUT2D eigenvalue weighted by molar-refractivity contribution is -0.0399. The Balaban J connectivity index is 1.16. The van der Waals surface area contributed by atoms with Gasteiger partial charge in [-0.2, -0.15) is 0 Å². The zero-order valence-electron chi connectivity index (χ0n) is 35.9. The molecule has 7 aliphatic carbocycles. The van der Waals surface area contributed by atoms with Gasteiger partial charge in [-0.3, -0.25) is 0 Å². The number of hydrogen-bond acceptors (Lipinski definition) is 1. The summed E-state index contributed by atoms with van der Waals surface area (Å²) in [6.45, 7) is 19.7.